The second-order valence-electron chi connectivity index (χ2n) is 5.74. The third-order valence-electron chi connectivity index (χ3n) is 4.18. The van der Waals surface area contributed by atoms with Crippen LogP contribution in [0, 0.1) is 0 Å². The molecule has 1 rings (SSSR count). The molecule has 0 saturated carbocycles. The summed E-state index contributed by atoms with van der Waals surface area (Å²) in [6, 6.07) is 10.9. The Morgan fingerprint density at radius 3 is 1.81 bits per heavy atom. The van der Waals surface area contributed by atoms with Gasteiger partial charge in [-0.3, -0.25) is 0 Å². The summed E-state index contributed by atoms with van der Waals surface area (Å²) in [5, 5.41) is 0. The van der Waals surface area contributed by atoms with Crippen molar-refractivity contribution in [3.63, 3.8) is 0 Å². The third kappa shape index (κ3) is 10.8. The second-order valence-corrected chi connectivity index (χ2v) is 5.74. The Morgan fingerprint density at radius 2 is 1.24 bits per heavy atom. The number of unbranched alkanes of at least 4 members (excludes halogenated alkanes) is 6. The lowest BCUT2D eigenvalue weighted by Crippen LogP contribution is -2.23. The van der Waals surface area contributed by atoms with Crippen LogP contribution in [0.25, 0.3) is 0 Å². The first-order valence-corrected chi connectivity index (χ1v) is 8.63. The molecule has 0 atom stereocenters. The molecule has 1 nitrogen and oxygen atoms in total. The van der Waals surface area contributed by atoms with E-state index in [0.29, 0.717) is 0 Å². The van der Waals surface area contributed by atoms with Crippen molar-refractivity contribution in [3.05, 3.63) is 35.9 Å². The molecule has 21 heavy (non-hydrogen) atoms. The molecule has 0 fully saturated rings. The number of rotatable bonds is 12. The molecule has 0 saturated heterocycles. The molecule has 0 bridgehead atoms. The van der Waals surface area contributed by atoms with Gasteiger partial charge >= 0.3 is 0 Å². The Hall–Kier alpha value is -0.530. The molecular weight excluding hydrogens is 278 g/mol. The van der Waals surface area contributed by atoms with E-state index in [1.54, 1.807) is 0 Å². The van der Waals surface area contributed by atoms with E-state index in [1.165, 1.54) is 76.6 Å². The van der Waals surface area contributed by atoms with Crippen LogP contribution in [0.5, 0.6) is 0 Å². The van der Waals surface area contributed by atoms with E-state index in [-0.39, 0.29) is 12.4 Å². The van der Waals surface area contributed by atoms with Gasteiger partial charge in [0.05, 0.1) is 0 Å². The van der Waals surface area contributed by atoms with Gasteiger partial charge in [-0.15, -0.1) is 12.4 Å². The number of hydrogen-bond donors (Lipinski definition) is 0. The maximum Gasteiger partial charge on any atom is -0.00190 e. The largest absolute Gasteiger partial charge is 0.304 e. The first-order valence-electron chi connectivity index (χ1n) is 8.63. The van der Waals surface area contributed by atoms with Crippen LogP contribution in [-0.4, -0.2) is 24.5 Å². The lowest BCUT2D eigenvalue weighted by molar-refractivity contribution is 0.295. The zero-order chi connectivity index (χ0) is 14.5. The lowest BCUT2D eigenvalue weighted by atomic mass is 10.0. The topological polar surface area (TPSA) is 3.24 Å². The normalized spacial score (nSPS) is 10.6. The smallest absolute Gasteiger partial charge is 0.00190 e. The van der Waals surface area contributed by atoms with Gasteiger partial charge < -0.3 is 4.90 Å². The van der Waals surface area contributed by atoms with E-state index in [1.807, 2.05) is 0 Å². The second kappa shape index (κ2) is 14.4. The van der Waals surface area contributed by atoms with Gasteiger partial charge in [0.2, 0.25) is 0 Å². The Morgan fingerprint density at radius 1 is 0.714 bits per heavy atom. The maximum absolute atomic E-state index is 2.53. The van der Waals surface area contributed by atoms with Crippen molar-refractivity contribution in [2.24, 2.45) is 0 Å². The highest BCUT2D eigenvalue weighted by atomic mass is 35.5. The summed E-state index contributed by atoms with van der Waals surface area (Å²) in [4.78, 5) is 2.53. The van der Waals surface area contributed by atoms with Crippen molar-refractivity contribution in [1.82, 2.24) is 4.90 Å². The number of halogens is 1. The fourth-order valence-electron chi connectivity index (χ4n) is 2.73. The van der Waals surface area contributed by atoms with Gasteiger partial charge in [0, 0.05) is 0 Å². The minimum absolute atomic E-state index is 0. The number of nitrogens with zero attached hydrogens (tertiary/aromatic N) is 1. The van der Waals surface area contributed by atoms with Gasteiger partial charge in [-0.25, -0.2) is 0 Å². The van der Waals surface area contributed by atoms with Crippen LogP contribution >= 0.6 is 12.4 Å². The minimum Gasteiger partial charge on any atom is -0.304 e. The molecule has 0 aliphatic heterocycles. The van der Waals surface area contributed by atoms with Gasteiger partial charge in [0.15, 0.2) is 0 Å². The van der Waals surface area contributed by atoms with E-state index in [4.69, 9.17) is 0 Å². The van der Waals surface area contributed by atoms with Crippen molar-refractivity contribution < 1.29 is 0 Å². The van der Waals surface area contributed by atoms with Crippen LogP contribution in [-0.2, 0) is 6.42 Å². The van der Waals surface area contributed by atoms with E-state index < -0.39 is 0 Å². The lowest BCUT2D eigenvalue weighted by Gasteiger charge is -2.17. The Kier molecular flexibility index (Phi) is 14.0. The minimum atomic E-state index is 0. The first kappa shape index (κ1) is 20.5. The highest BCUT2D eigenvalue weighted by molar-refractivity contribution is 5.85. The van der Waals surface area contributed by atoms with Crippen LogP contribution in [0.3, 0.4) is 0 Å². The third-order valence-corrected chi connectivity index (χ3v) is 4.18. The van der Waals surface area contributed by atoms with Crippen molar-refractivity contribution in [2.45, 2.75) is 65.2 Å². The fourth-order valence-corrected chi connectivity index (χ4v) is 2.73. The van der Waals surface area contributed by atoms with Gasteiger partial charge in [0.1, 0.15) is 0 Å². The Balaban J connectivity index is 0.00000400. The van der Waals surface area contributed by atoms with Gasteiger partial charge in [-0.1, -0.05) is 76.3 Å². The fraction of sp³-hybridized carbons (Fsp3) is 0.684. The summed E-state index contributed by atoms with van der Waals surface area (Å²) in [5.41, 5.74) is 1.49. The van der Waals surface area contributed by atoms with E-state index in [0.717, 1.165) is 0 Å². The van der Waals surface area contributed by atoms with E-state index in [2.05, 4.69) is 49.1 Å². The summed E-state index contributed by atoms with van der Waals surface area (Å²) in [5.74, 6) is 0. The van der Waals surface area contributed by atoms with Gasteiger partial charge in [-0.05, 0) is 44.5 Å². The summed E-state index contributed by atoms with van der Waals surface area (Å²) >= 11 is 0. The Bertz CT molecular complexity index is 309. The highest BCUT2D eigenvalue weighted by Gasteiger charge is 1.98. The molecule has 0 spiro atoms. The van der Waals surface area contributed by atoms with Gasteiger partial charge in [-0.2, -0.15) is 0 Å². The molecule has 122 valence electrons. The predicted octanol–water partition coefficient (Wildman–Crippen LogP) is 5.72. The van der Waals surface area contributed by atoms with Crippen molar-refractivity contribution >= 4 is 12.4 Å². The highest BCUT2D eigenvalue weighted by Crippen LogP contribution is 2.10. The molecular formula is C19H34ClN. The van der Waals surface area contributed by atoms with Crippen molar-refractivity contribution in [1.29, 1.82) is 0 Å². The quantitative estimate of drug-likeness (QED) is 0.446. The number of aryl methyl sites for hydroxylation is 1. The number of hydrogen-bond acceptors (Lipinski definition) is 1. The molecule has 0 aliphatic rings. The number of benzene rings is 1. The summed E-state index contributed by atoms with van der Waals surface area (Å²) in [6.07, 6.45) is 11.1. The monoisotopic (exact) mass is 311 g/mol. The van der Waals surface area contributed by atoms with Gasteiger partial charge in [0.25, 0.3) is 0 Å². The average Bonchev–Trinajstić information content (AvgIpc) is 2.50. The van der Waals surface area contributed by atoms with E-state index in [9.17, 15) is 0 Å². The standard InChI is InChI=1S/C19H33N.ClH/c1-3-20(4-2)18-14-9-7-5-6-8-11-15-19-16-12-10-13-17-19;/h10,12-13,16-17H,3-9,11,14-15,18H2,1-2H3;1H. The van der Waals surface area contributed by atoms with Crippen LogP contribution in [0.2, 0.25) is 0 Å². The molecule has 0 amide bonds. The molecule has 0 N–H and O–H groups in total. The van der Waals surface area contributed by atoms with Crippen LogP contribution in [0.15, 0.2) is 30.3 Å². The summed E-state index contributed by atoms with van der Waals surface area (Å²) in [6.45, 7) is 8.22. The predicted molar refractivity (Wildman–Crippen MR) is 97.5 cm³/mol. The molecule has 0 unspecified atom stereocenters. The first-order chi connectivity index (χ1) is 9.86. The maximum atomic E-state index is 2.53. The zero-order valence-electron chi connectivity index (χ0n) is 14.0. The van der Waals surface area contributed by atoms with Crippen LogP contribution < -0.4 is 0 Å². The molecule has 0 aromatic heterocycles. The van der Waals surface area contributed by atoms with Crippen molar-refractivity contribution in [2.75, 3.05) is 19.6 Å². The molecule has 0 aliphatic carbocycles. The van der Waals surface area contributed by atoms with Crippen LogP contribution in [0.4, 0.5) is 0 Å². The van der Waals surface area contributed by atoms with Crippen LogP contribution in [0.1, 0.15) is 64.4 Å². The molecule has 1 aromatic rings. The van der Waals surface area contributed by atoms with E-state index >= 15 is 0 Å². The Labute approximate surface area is 138 Å². The average molecular weight is 312 g/mol. The zero-order valence-corrected chi connectivity index (χ0v) is 14.8. The molecule has 0 radical (unpaired) electrons. The molecule has 0 heterocycles. The SMILES string of the molecule is CCN(CC)CCCCCCCCCc1ccccc1.Cl. The molecule has 1 aromatic carbocycles. The molecule has 2 heteroatoms. The summed E-state index contributed by atoms with van der Waals surface area (Å²) in [7, 11) is 0. The van der Waals surface area contributed by atoms with Crippen molar-refractivity contribution in [3.8, 4) is 0 Å². The summed E-state index contributed by atoms with van der Waals surface area (Å²) < 4.78 is 0.